The lowest BCUT2D eigenvalue weighted by molar-refractivity contribution is 0.112. The van der Waals surface area contributed by atoms with Crippen molar-refractivity contribution in [3.63, 3.8) is 0 Å². The molecule has 0 aliphatic heterocycles. The average molecular weight is 241 g/mol. The van der Waals surface area contributed by atoms with Gasteiger partial charge in [-0.1, -0.05) is 0 Å². The van der Waals surface area contributed by atoms with E-state index >= 15 is 0 Å². The summed E-state index contributed by atoms with van der Waals surface area (Å²) < 4.78 is 3.61. The minimum Gasteiger partial charge on any atom is -0.324 e. The fraction of sp³-hybridized carbons (Fsp3) is 0.167. The molecule has 0 spiro atoms. The van der Waals surface area contributed by atoms with Gasteiger partial charge >= 0.3 is 0 Å². The van der Waals surface area contributed by atoms with E-state index in [1.54, 1.807) is 17.1 Å². The van der Waals surface area contributed by atoms with E-state index in [9.17, 15) is 4.79 Å². The van der Waals surface area contributed by atoms with Crippen molar-refractivity contribution in [2.24, 2.45) is 7.05 Å². The number of aromatic nitrogens is 5. The number of aldehydes is 1. The summed E-state index contributed by atoms with van der Waals surface area (Å²) in [6.07, 6.45) is 5.86. The number of fused-ring (bicyclic) bond motifs is 1. The molecular weight excluding hydrogens is 230 g/mol. The van der Waals surface area contributed by atoms with Crippen LogP contribution in [0.3, 0.4) is 0 Å². The van der Waals surface area contributed by atoms with Gasteiger partial charge in [0, 0.05) is 30.4 Å². The first-order valence-electron chi connectivity index (χ1n) is 5.51. The van der Waals surface area contributed by atoms with Gasteiger partial charge in [0.05, 0.1) is 6.54 Å². The highest BCUT2D eigenvalue weighted by atomic mass is 16.1. The standard InChI is InChI=1S/C12H11N5O/c1-16-11(14-8-15-16)6-17-5-9(7-18)10-3-2-4-13-12(10)17/h2-5,7-8H,6H2,1H3. The third-order valence-electron chi connectivity index (χ3n) is 2.91. The molecule has 0 aliphatic carbocycles. The van der Waals surface area contributed by atoms with Crippen LogP contribution in [0.15, 0.2) is 30.9 Å². The van der Waals surface area contributed by atoms with Crippen LogP contribution < -0.4 is 0 Å². The first kappa shape index (κ1) is 10.6. The Kier molecular flexibility index (Phi) is 2.40. The molecule has 0 atom stereocenters. The van der Waals surface area contributed by atoms with E-state index in [2.05, 4.69) is 15.1 Å². The number of nitrogens with zero attached hydrogens (tertiary/aromatic N) is 5. The van der Waals surface area contributed by atoms with Gasteiger partial charge in [-0.3, -0.25) is 9.48 Å². The molecule has 0 fully saturated rings. The third-order valence-corrected chi connectivity index (χ3v) is 2.91. The second-order valence-corrected chi connectivity index (χ2v) is 4.00. The highest BCUT2D eigenvalue weighted by Crippen LogP contribution is 2.18. The molecule has 0 bridgehead atoms. The number of hydrogen-bond acceptors (Lipinski definition) is 4. The van der Waals surface area contributed by atoms with E-state index in [0.717, 1.165) is 23.1 Å². The maximum atomic E-state index is 11.0. The molecule has 0 aliphatic rings. The highest BCUT2D eigenvalue weighted by Gasteiger charge is 2.10. The molecule has 3 aromatic heterocycles. The van der Waals surface area contributed by atoms with E-state index in [4.69, 9.17) is 0 Å². The molecular formula is C12H11N5O. The fourth-order valence-corrected chi connectivity index (χ4v) is 1.98. The van der Waals surface area contributed by atoms with Crippen molar-refractivity contribution >= 4 is 17.3 Å². The fourth-order valence-electron chi connectivity index (χ4n) is 1.98. The Morgan fingerprint density at radius 2 is 2.28 bits per heavy atom. The first-order valence-corrected chi connectivity index (χ1v) is 5.51. The number of aryl methyl sites for hydroxylation is 1. The maximum absolute atomic E-state index is 11.0. The molecule has 0 aromatic carbocycles. The van der Waals surface area contributed by atoms with Crippen molar-refractivity contribution in [1.29, 1.82) is 0 Å². The largest absolute Gasteiger partial charge is 0.324 e. The van der Waals surface area contributed by atoms with Gasteiger partial charge in [0.1, 0.15) is 17.8 Å². The van der Waals surface area contributed by atoms with Gasteiger partial charge in [0.2, 0.25) is 0 Å². The molecule has 3 heterocycles. The minimum atomic E-state index is 0.540. The second kappa shape index (κ2) is 4.06. The lowest BCUT2D eigenvalue weighted by Gasteiger charge is -2.03. The zero-order chi connectivity index (χ0) is 12.5. The molecule has 0 saturated heterocycles. The Hall–Kier alpha value is -2.50. The van der Waals surface area contributed by atoms with Gasteiger partial charge in [-0.05, 0) is 12.1 Å². The molecule has 3 rings (SSSR count). The summed E-state index contributed by atoms with van der Waals surface area (Å²) in [5, 5.41) is 4.88. The van der Waals surface area contributed by atoms with E-state index in [0.29, 0.717) is 12.1 Å². The predicted molar refractivity (Wildman–Crippen MR) is 65.2 cm³/mol. The van der Waals surface area contributed by atoms with Crippen LogP contribution in [0.25, 0.3) is 11.0 Å². The smallest absolute Gasteiger partial charge is 0.152 e. The van der Waals surface area contributed by atoms with Crippen LogP contribution in [0.2, 0.25) is 0 Å². The summed E-state index contributed by atoms with van der Waals surface area (Å²) in [4.78, 5) is 19.5. The molecule has 90 valence electrons. The number of rotatable bonds is 3. The van der Waals surface area contributed by atoms with Gasteiger partial charge in [-0.15, -0.1) is 0 Å². The van der Waals surface area contributed by atoms with E-state index in [1.165, 1.54) is 6.33 Å². The normalized spacial score (nSPS) is 10.9. The van der Waals surface area contributed by atoms with Gasteiger partial charge < -0.3 is 4.57 Å². The molecule has 0 saturated carbocycles. The van der Waals surface area contributed by atoms with Crippen molar-refractivity contribution in [3.05, 3.63) is 42.2 Å². The number of pyridine rings is 1. The van der Waals surface area contributed by atoms with Gasteiger partial charge in [0.25, 0.3) is 0 Å². The molecule has 0 unspecified atom stereocenters. The Labute approximate surface area is 103 Å². The van der Waals surface area contributed by atoms with Gasteiger partial charge in [-0.25, -0.2) is 9.97 Å². The zero-order valence-corrected chi connectivity index (χ0v) is 9.82. The lowest BCUT2D eigenvalue weighted by atomic mass is 10.2. The van der Waals surface area contributed by atoms with Crippen LogP contribution in [0.4, 0.5) is 0 Å². The van der Waals surface area contributed by atoms with Crippen LogP contribution >= 0.6 is 0 Å². The van der Waals surface area contributed by atoms with Crippen LogP contribution in [-0.2, 0) is 13.6 Å². The summed E-state index contributed by atoms with van der Waals surface area (Å²) in [5.41, 5.74) is 1.42. The van der Waals surface area contributed by atoms with Crippen molar-refractivity contribution in [3.8, 4) is 0 Å². The average Bonchev–Trinajstić information content (AvgIpc) is 2.95. The number of hydrogen-bond donors (Lipinski definition) is 0. The Bertz CT molecular complexity index is 712. The van der Waals surface area contributed by atoms with Gasteiger partial charge in [-0.2, -0.15) is 5.10 Å². The summed E-state index contributed by atoms with van der Waals surface area (Å²) in [5.74, 6) is 0.815. The second-order valence-electron chi connectivity index (χ2n) is 4.00. The Morgan fingerprint density at radius 3 is 3.00 bits per heavy atom. The predicted octanol–water partition coefficient (Wildman–Crippen LogP) is 1.03. The molecule has 18 heavy (non-hydrogen) atoms. The van der Waals surface area contributed by atoms with Crippen molar-refractivity contribution in [2.75, 3.05) is 0 Å². The molecule has 0 radical (unpaired) electrons. The lowest BCUT2D eigenvalue weighted by Crippen LogP contribution is -2.06. The minimum absolute atomic E-state index is 0.540. The van der Waals surface area contributed by atoms with Crippen LogP contribution in [0.5, 0.6) is 0 Å². The monoisotopic (exact) mass is 241 g/mol. The van der Waals surface area contributed by atoms with Crippen molar-refractivity contribution in [2.45, 2.75) is 6.54 Å². The molecule has 6 heteroatoms. The maximum Gasteiger partial charge on any atom is 0.152 e. The highest BCUT2D eigenvalue weighted by molar-refractivity contribution is 5.95. The van der Waals surface area contributed by atoms with Crippen molar-refractivity contribution < 1.29 is 4.79 Å². The van der Waals surface area contributed by atoms with Crippen LogP contribution in [0.1, 0.15) is 16.2 Å². The quantitative estimate of drug-likeness (QED) is 0.642. The molecule has 6 nitrogen and oxygen atoms in total. The van der Waals surface area contributed by atoms with Crippen molar-refractivity contribution in [1.82, 2.24) is 24.3 Å². The van der Waals surface area contributed by atoms with Gasteiger partial charge in [0.15, 0.2) is 6.29 Å². The third kappa shape index (κ3) is 1.58. The molecule has 0 amide bonds. The van der Waals surface area contributed by atoms with E-state index in [-0.39, 0.29) is 0 Å². The molecule has 3 aromatic rings. The Balaban J connectivity index is 2.12. The summed E-state index contributed by atoms with van der Waals surface area (Å²) in [6, 6.07) is 3.71. The summed E-state index contributed by atoms with van der Waals surface area (Å²) in [7, 11) is 1.84. The number of carbonyl (C=O) groups excluding carboxylic acids is 1. The SMILES string of the molecule is Cn1ncnc1Cn1cc(C=O)c2cccnc21. The topological polar surface area (TPSA) is 65.6 Å². The van der Waals surface area contributed by atoms with E-state index in [1.807, 2.05) is 23.7 Å². The molecule has 0 N–H and O–H groups in total. The summed E-state index contributed by atoms with van der Waals surface area (Å²) >= 11 is 0. The van der Waals surface area contributed by atoms with E-state index < -0.39 is 0 Å². The first-order chi connectivity index (χ1) is 8.79. The van der Waals surface area contributed by atoms with Crippen LogP contribution in [-0.4, -0.2) is 30.6 Å². The summed E-state index contributed by atoms with van der Waals surface area (Å²) in [6.45, 7) is 0.540. The van der Waals surface area contributed by atoms with Crippen LogP contribution in [0, 0.1) is 0 Å². The Morgan fingerprint density at radius 1 is 1.39 bits per heavy atom. The number of carbonyl (C=O) groups is 1. The zero-order valence-electron chi connectivity index (χ0n) is 9.82.